The fourth-order valence-electron chi connectivity index (χ4n) is 2.47. The Kier molecular flexibility index (Phi) is 4.92. The summed E-state index contributed by atoms with van der Waals surface area (Å²) >= 11 is 7.81. The van der Waals surface area contributed by atoms with Crippen molar-refractivity contribution in [3.05, 3.63) is 45.1 Å². The van der Waals surface area contributed by atoms with Crippen LogP contribution in [-0.2, 0) is 16.0 Å². The molecule has 0 aliphatic heterocycles. The molecule has 0 fully saturated rings. The molecule has 0 unspecified atom stereocenters. The van der Waals surface area contributed by atoms with Crippen LogP contribution >= 0.6 is 22.9 Å². The van der Waals surface area contributed by atoms with Crippen molar-refractivity contribution in [2.45, 2.75) is 27.2 Å². The highest BCUT2D eigenvalue weighted by Gasteiger charge is 2.16. The van der Waals surface area contributed by atoms with Crippen LogP contribution in [0.2, 0.25) is 5.02 Å². The summed E-state index contributed by atoms with van der Waals surface area (Å²) in [5, 5.41) is 4.97. The highest BCUT2D eigenvalue weighted by molar-refractivity contribution is 7.18. The largest absolute Gasteiger partial charge is 0.469 e. The van der Waals surface area contributed by atoms with Gasteiger partial charge in [-0.1, -0.05) is 17.7 Å². The van der Waals surface area contributed by atoms with Gasteiger partial charge in [-0.2, -0.15) is 0 Å². The first-order valence-corrected chi connectivity index (χ1v) is 8.95. The van der Waals surface area contributed by atoms with Crippen LogP contribution in [0.3, 0.4) is 0 Å². The van der Waals surface area contributed by atoms with Crippen molar-refractivity contribution in [3.63, 3.8) is 0 Å². The number of hydrogen-bond donors (Lipinski definition) is 1. The minimum atomic E-state index is -0.367. The number of fused-ring (bicyclic) bond motifs is 1. The molecule has 1 aromatic carbocycles. The molecule has 5 nitrogen and oxygen atoms in total. The zero-order valence-electron chi connectivity index (χ0n) is 14.4. The average Bonchev–Trinajstić information content (AvgIpc) is 2.85. The summed E-state index contributed by atoms with van der Waals surface area (Å²) in [5.41, 5.74) is 2.97. The van der Waals surface area contributed by atoms with Gasteiger partial charge in [0.15, 0.2) is 0 Å². The highest BCUT2D eigenvalue weighted by atomic mass is 35.5. The maximum Gasteiger partial charge on any atom is 0.313 e. The number of hydrogen-bond acceptors (Lipinski definition) is 6. The van der Waals surface area contributed by atoms with E-state index in [0.717, 1.165) is 27.0 Å². The van der Waals surface area contributed by atoms with Crippen LogP contribution in [0.5, 0.6) is 0 Å². The second kappa shape index (κ2) is 6.98. The number of nitrogens with zero attached hydrogens (tertiary/aromatic N) is 2. The van der Waals surface area contributed by atoms with Crippen LogP contribution in [0.15, 0.2) is 18.2 Å². The molecule has 0 saturated heterocycles. The van der Waals surface area contributed by atoms with Gasteiger partial charge >= 0.3 is 5.97 Å². The van der Waals surface area contributed by atoms with Gasteiger partial charge in [-0.25, -0.2) is 9.97 Å². The molecule has 0 saturated carbocycles. The number of aryl methyl sites for hydroxylation is 3. The lowest BCUT2D eigenvalue weighted by Gasteiger charge is -2.10. The van der Waals surface area contributed by atoms with E-state index in [0.29, 0.717) is 16.7 Å². The zero-order valence-corrected chi connectivity index (χ0v) is 16.0. The van der Waals surface area contributed by atoms with E-state index in [-0.39, 0.29) is 12.4 Å². The first-order valence-electron chi connectivity index (χ1n) is 7.75. The minimum Gasteiger partial charge on any atom is -0.469 e. The summed E-state index contributed by atoms with van der Waals surface area (Å²) in [5.74, 6) is 0.737. The summed E-state index contributed by atoms with van der Waals surface area (Å²) in [6, 6.07) is 5.76. The van der Waals surface area contributed by atoms with Crippen LogP contribution in [0.25, 0.3) is 10.2 Å². The molecule has 0 bridgehead atoms. The maximum absolute atomic E-state index is 11.6. The molecule has 0 spiro atoms. The quantitative estimate of drug-likeness (QED) is 0.668. The Labute approximate surface area is 155 Å². The molecule has 0 radical (unpaired) electrons. The predicted octanol–water partition coefficient (Wildman–Crippen LogP) is 4.73. The average molecular weight is 376 g/mol. The number of halogens is 1. The fourth-order valence-corrected chi connectivity index (χ4v) is 3.70. The van der Waals surface area contributed by atoms with Gasteiger partial charge < -0.3 is 10.1 Å². The van der Waals surface area contributed by atoms with Crippen LogP contribution in [-0.4, -0.2) is 23.0 Å². The Bertz CT molecular complexity index is 969. The van der Waals surface area contributed by atoms with Gasteiger partial charge in [0.25, 0.3) is 0 Å². The van der Waals surface area contributed by atoms with Crippen molar-refractivity contribution in [1.29, 1.82) is 0 Å². The Morgan fingerprint density at radius 1 is 1.28 bits per heavy atom. The number of carbonyl (C=O) groups is 1. The van der Waals surface area contributed by atoms with Crippen LogP contribution in [0.1, 0.15) is 21.8 Å². The molecule has 3 rings (SSSR count). The summed E-state index contributed by atoms with van der Waals surface area (Å²) < 4.78 is 4.73. The topological polar surface area (TPSA) is 64.1 Å². The first-order chi connectivity index (χ1) is 11.9. The van der Waals surface area contributed by atoms with Crippen molar-refractivity contribution in [1.82, 2.24) is 9.97 Å². The SMILES string of the molecule is COC(=O)Cc1nc(Nc2ccc(C)c(Cl)c2)c2c(C)c(C)sc2n1. The van der Waals surface area contributed by atoms with Crippen molar-refractivity contribution in [3.8, 4) is 0 Å². The normalized spacial score (nSPS) is 10.9. The van der Waals surface area contributed by atoms with Crippen molar-refractivity contribution >= 4 is 50.6 Å². The number of aromatic nitrogens is 2. The highest BCUT2D eigenvalue weighted by Crippen LogP contribution is 2.35. The first kappa shape index (κ1) is 17.6. The summed E-state index contributed by atoms with van der Waals surface area (Å²) in [4.78, 5) is 22.7. The Hall–Kier alpha value is -2.18. The molecule has 7 heteroatoms. The standard InChI is InChI=1S/C18H18ClN3O2S/c1-9-5-6-12(7-13(9)19)20-17-16-10(2)11(3)25-18(16)22-14(21-17)8-15(23)24-4/h5-7H,8H2,1-4H3,(H,20,21,22). The van der Waals surface area contributed by atoms with Crippen molar-refractivity contribution < 1.29 is 9.53 Å². The molecule has 0 amide bonds. The smallest absolute Gasteiger partial charge is 0.313 e. The van der Waals surface area contributed by atoms with E-state index in [1.807, 2.05) is 39.0 Å². The van der Waals surface area contributed by atoms with E-state index in [4.69, 9.17) is 16.3 Å². The van der Waals surface area contributed by atoms with Crippen molar-refractivity contribution in [2.75, 3.05) is 12.4 Å². The molecule has 0 atom stereocenters. The number of esters is 1. The van der Waals surface area contributed by atoms with E-state index in [9.17, 15) is 4.79 Å². The fraction of sp³-hybridized carbons (Fsp3) is 0.278. The number of rotatable bonds is 4. The number of carbonyl (C=O) groups excluding carboxylic acids is 1. The van der Waals surface area contributed by atoms with Gasteiger partial charge in [-0.15, -0.1) is 11.3 Å². The van der Waals surface area contributed by atoms with Gasteiger partial charge in [-0.3, -0.25) is 4.79 Å². The lowest BCUT2D eigenvalue weighted by atomic mass is 10.2. The second-order valence-electron chi connectivity index (χ2n) is 5.79. The van der Waals surface area contributed by atoms with Crippen LogP contribution in [0, 0.1) is 20.8 Å². The molecule has 1 N–H and O–H groups in total. The van der Waals surface area contributed by atoms with E-state index in [1.165, 1.54) is 12.0 Å². The summed E-state index contributed by atoms with van der Waals surface area (Å²) in [6.07, 6.45) is 0.0335. The molecule has 2 heterocycles. The van der Waals surface area contributed by atoms with Gasteiger partial charge in [0, 0.05) is 15.6 Å². The van der Waals surface area contributed by atoms with E-state index in [2.05, 4.69) is 15.3 Å². The van der Waals surface area contributed by atoms with Gasteiger partial charge in [0.2, 0.25) is 0 Å². The van der Waals surface area contributed by atoms with Gasteiger partial charge in [-0.05, 0) is 44.0 Å². The molecule has 2 aromatic heterocycles. The summed E-state index contributed by atoms with van der Waals surface area (Å²) in [6.45, 7) is 6.05. The van der Waals surface area contributed by atoms with Crippen LogP contribution in [0.4, 0.5) is 11.5 Å². The number of thiophene rings is 1. The molecule has 0 aliphatic carbocycles. The monoisotopic (exact) mass is 375 g/mol. The van der Waals surface area contributed by atoms with Crippen LogP contribution < -0.4 is 5.32 Å². The van der Waals surface area contributed by atoms with E-state index < -0.39 is 0 Å². The van der Waals surface area contributed by atoms with Crippen molar-refractivity contribution in [2.24, 2.45) is 0 Å². The van der Waals surface area contributed by atoms with E-state index in [1.54, 1.807) is 11.3 Å². The number of benzene rings is 1. The molecular formula is C18H18ClN3O2S. The number of ether oxygens (including phenoxy) is 1. The third-order valence-corrected chi connectivity index (χ3v) is 5.55. The maximum atomic E-state index is 11.6. The minimum absolute atomic E-state index is 0.0335. The predicted molar refractivity (Wildman–Crippen MR) is 102 cm³/mol. The second-order valence-corrected chi connectivity index (χ2v) is 7.40. The molecular weight excluding hydrogens is 358 g/mol. The van der Waals surface area contributed by atoms with Gasteiger partial charge in [0.1, 0.15) is 22.9 Å². The molecule has 130 valence electrons. The Morgan fingerprint density at radius 3 is 2.72 bits per heavy atom. The number of anilines is 2. The Morgan fingerprint density at radius 2 is 2.04 bits per heavy atom. The lowest BCUT2D eigenvalue weighted by molar-refractivity contribution is -0.139. The zero-order chi connectivity index (χ0) is 18.1. The third-order valence-electron chi connectivity index (χ3n) is 4.04. The Balaban J connectivity index is 2.09. The lowest BCUT2D eigenvalue weighted by Crippen LogP contribution is -2.09. The third kappa shape index (κ3) is 3.60. The number of nitrogens with one attached hydrogen (secondary N) is 1. The summed E-state index contributed by atoms with van der Waals surface area (Å²) in [7, 11) is 1.35. The molecule has 3 aromatic rings. The van der Waals surface area contributed by atoms with E-state index >= 15 is 0 Å². The molecule has 0 aliphatic rings. The van der Waals surface area contributed by atoms with Gasteiger partial charge in [0.05, 0.1) is 12.5 Å². The molecule has 25 heavy (non-hydrogen) atoms. The number of methoxy groups -OCH3 is 1.